The number of nitrogens with one attached hydrogen (secondary N) is 1. The van der Waals surface area contributed by atoms with E-state index in [0.29, 0.717) is 22.2 Å². The number of rotatable bonds is 3. The number of benzene rings is 2. The molecular formula is C19H16ClFN2O3. The molecule has 0 saturated heterocycles. The van der Waals surface area contributed by atoms with Gasteiger partial charge in [0.1, 0.15) is 11.6 Å². The third kappa shape index (κ3) is 3.04. The number of fused-ring (bicyclic) bond motifs is 1. The van der Waals surface area contributed by atoms with Crippen molar-refractivity contribution in [2.75, 3.05) is 7.05 Å². The average Bonchev–Trinajstić information content (AvgIpc) is 2.88. The minimum absolute atomic E-state index is 0.0257. The van der Waals surface area contributed by atoms with Gasteiger partial charge in [0.2, 0.25) is 5.91 Å². The van der Waals surface area contributed by atoms with Crippen molar-refractivity contribution >= 4 is 34.3 Å². The third-order valence-corrected chi connectivity index (χ3v) is 4.61. The lowest BCUT2D eigenvalue weighted by Crippen LogP contribution is -2.20. The Kier molecular flexibility index (Phi) is 4.70. The molecule has 0 saturated carbocycles. The summed E-state index contributed by atoms with van der Waals surface area (Å²) in [4.78, 5) is 24.8. The van der Waals surface area contributed by atoms with Crippen LogP contribution in [-0.2, 0) is 11.2 Å². The normalized spacial score (nSPS) is 10.9. The van der Waals surface area contributed by atoms with Crippen molar-refractivity contribution in [1.29, 1.82) is 0 Å². The number of carbonyl (C=O) groups is 2. The molecule has 1 amide bonds. The van der Waals surface area contributed by atoms with E-state index >= 15 is 0 Å². The van der Waals surface area contributed by atoms with E-state index in [4.69, 9.17) is 11.6 Å². The molecular weight excluding hydrogens is 359 g/mol. The number of phenols is 1. The first-order valence-corrected chi connectivity index (χ1v) is 8.24. The molecule has 0 atom stereocenters. The van der Waals surface area contributed by atoms with Gasteiger partial charge in [0, 0.05) is 23.7 Å². The number of halogens is 2. The van der Waals surface area contributed by atoms with E-state index in [0.717, 1.165) is 6.07 Å². The maximum atomic E-state index is 13.8. The molecule has 1 heterocycles. The van der Waals surface area contributed by atoms with Crippen LogP contribution in [-0.4, -0.2) is 28.5 Å². The van der Waals surface area contributed by atoms with Crippen LogP contribution in [0.25, 0.3) is 10.9 Å². The van der Waals surface area contributed by atoms with Gasteiger partial charge in [-0.2, -0.15) is 0 Å². The molecule has 0 unspecified atom stereocenters. The molecule has 5 nitrogen and oxygen atoms in total. The summed E-state index contributed by atoms with van der Waals surface area (Å²) < 4.78 is 15.2. The molecule has 3 rings (SSSR count). The zero-order valence-electron chi connectivity index (χ0n) is 14.1. The lowest BCUT2D eigenvalue weighted by Gasteiger charge is -2.08. The van der Waals surface area contributed by atoms with Gasteiger partial charge >= 0.3 is 0 Å². The number of amides is 1. The fourth-order valence-corrected chi connectivity index (χ4v) is 3.08. The average molecular weight is 375 g/mol. The topological polar surface area (TPSA) is 71.3 Å². The Labute approximate surface area is 154 Å². The fraction of sp³-hybridized carbons (Fsp3) is 0.158. The maximum Gasteiger partial charge on any atom is 0.262 e. The molecule has 0 aliphatic heterocycles. The van der Waals surface area contributed by atoms with Crippen molar-refractivity contribution in [3.8, 4) is 5.75 Å². The van der Waals surface area contributed by atoms with Gasteiger partial charge in [-0.25, -0.2) is 4.39 Å². The smallest absolute Gasteiger partial charge is 0.262 e. The first-order valence-electron chi connectivity index (χ1n) is 7.86. The van der Waals surface area contributed by atoms with Gasteiger partial charge in [-0.1, -0.05) is 11.6 Å². The highest BCUT2D eigenvalue weighted by molar-refractivity contribution is 6.30. The molecule has 26 heavy (non-hydrogen) atoms. The molecule has 0 aliphatic carbocycles. The fourth-order valence-electron chi connectivity index (χ4n) is 2.96. The molecule has 0 spiro atoms. The van der Waals surface area contributed by atoms with Gasteiger partial charge in [-0.15, -0.1) is 0 Å². The van der Waals surface area contributed by atoms with Crippen molar-refractivity contribution in [2.24, 2.45) is 0 Å². The van der Waals surface area contributed by atoms with Crippen LogP contribution in [0.4, 0.5) is 4.39 Å². The standard InChI is InChI=1S/C19H16ClFN2O3/c1-10-13(9-18(25)22-2)14-8-12(24)4-6-17(14)23(10)19(26)11-3-5-15(20)16(21)7-11/h3-8,24H,9H2,1-2H3,(H,22,25). The SMILES string of the molecule is CNC(=O)Cc1c(C)n(C(=O)c2ccc(Cl)c(F)c2)c2ccc(O)cc12. The minimum Gasteiger partial charge on any atom is -0.508 e. The van der Waals surface area contributed by atoms with Crippen LogP contribution in [0.5, 0.6) is 5.75 Å². The largest absolute Gasteiger partial charge is 0.508 e. The highest BCUT2D eigenvalue weighted by Gasteiger charge is 2.22. The van der Waals surface area contributed by atoms with Gasteiger partial charge in [0.15, 0.2) is 0 Å². The Balaban J connectivity index is 2.22. The summed E-state index contributed by atoms with van der Waals surface area (Å²) in [7, 11) is 1.52. The van der Waals surface area contributed by atoms with Crippen molar-refractivity contribution in [3.63, 3.8) is 0 Å². The number of hydrogen-bond donors (Lipinski definition) is 2. The van der Waals surface area contributed by atoms with Crippen LogP contribution < -0.4 is 5.32 Å². The van der Waals surface area contributed by atoms with Gasteiger partial charge in [-0.3, -0.25) is 14.2 Å². The summed E-state index contributed by atoms with van der Waals surface area (Å²) in [6.45, 7) is 1.71. The lowest BCUT2D eigenvalue weighted by molar-refractivity contribution is -0.119. The Bertz CT molecular complexity index is 1040. The van der Waals surface area contributed by atoms with Gasteiger partial charge in [-0.05, 0) is 48.9 Å². The maximum absolute atomic E-state index is 13.8. The summed E-state index contributed by atoms with van der Waals surface area (Å²) in [5.41, 5.74) is 1.83. The second kappa shape index (κ2) is 6.80. The Morgan fingerprint density at radius 2 is 1.96 bits per heavy atom. The number of nitrogens with zero attached hydrogens (tertiary/aromatic N) is 1. The zero-order chi connectivity index (χ0) is 19.0. The van der Waals surface area contributed by atoms with E-state index < -0.39 is 11.7 Å². The molecule has 0 radical (unpaired) electrons. The van der Waals surface area contributed by atoms with Crippen molar-refractivity contribution in [3.05, 3.63) is 64.1 Å². The van der Waals surface area contributed by atoms with Gasteiger partial charge in [0.05, 0.1) is 17.0 Å². The summed E-state index contributed by atoms with van der Waals surface area (Å²) in [6, 6.07) is 8.40. The van der Waals surface area contributed by atoms with E-state index in [9.17, 15) is 19.1 Å². The first kappa shape index (κ1) is 17.9. The van der Waals surface area contributed by atoms with Gasteiger partial charge in [0.25, 0.3) is 5.91 Å². The third-order valence-electron chi connectivity index (χ3n) is 4.30. The van der Waals surface area contributed by atoms with Crippen LogP contribution in [0.1, 0.15) is 21.6 Å². The summed E-state index contributed by atoms with van der Waals surface area (Å²) in [5.74, 6) is -1.33. The number of hydrogen-bond acceptors (Lipinski definition) is 3. The van der Waals surface area contributed by atoms with E-state index in [2.05, 4.69) is 5.32 Å². The second-order valence-corrected chi connectivity index (χ2v) is 6.29. The highest BCUT2D eigenvalue weighted by Crippen LogP contribution is 2.30. The molecule has 0 bridgehead atoms. The van der Waals surface area contributed by atoms with Crippen molar-refractivity contribution in [2.45, 2.75) is 13.3 Å². The molecule has 0 fully saturated rings. The van der Waals surface area contributed by atoms with E-state index in [1.807, 2.05) is 0 Å². The monoisotopic (exact) mass is 374 g/mol. The molecule has 2 N–H and O–H groups in total. The molecule has 0 aliphatic rings. The Hall–Kier alpha value is -2.86. The van der Waals surface area contributed by atoms with Crippen molar-refractivity contribution < 1.29 is 19.1 Å². The number of aromatic nitrogens is 1. The number of phenolic OH excluding ortho intramolecular Hbond substituents is 1. The number of likely N-dealkylation sites (N-methyl/N-ethyl adjacent to an activating group) is 1. The minimum atomic E-state index is -0.685. The Morgan fingerprint density at radius 1 is 1.23 bits per heavy atom. The predicted molar refractivity (Wildman–Crippen MR) is 97.2 cm³/mol. The van der Waals surface area contributed by atoms with E-state index in [-0.39, 0.29) is 28.7 Å². The van der Waals surface area contributed by atoms with Crippen LogP contribution in [0.2, 0.25) is 5.02 Å². The molecule has 134 valence electrons. The Morgan fingerprint density at radius 3 is 2.62 bits per heavy atom. The van der Waals surface area contributed by atoms with Crippen molar-refractivity contribution in [1.82, 2.24) is 9.88 Å². The molecule has 3 aromatic rings. The highest BCUT2D eigenvalue weighted by atomic mass is 35.5. The molecule has 1 aromatic heterocycles. The van der Waals surface area contributed by atoms with E-state index in [1.54, 1.807) is 13.0 Å². The van der Waals surface area contributed by atoms with Crippen LogP contribution in [0, 0.1) is 12.7 Å². The quantitative estimate of drug-likeness (QED) is 0.737. The summed E-state index contributed by atoms with van der Waals surface area (Å²) in [5, 5.41) is 12.9. The lowest BCUT2D eigenvalue weighted by atomic mass is 10.1. The zero-order valence-corrected chi connectivity index (χ0v) is 14.9. The molecule has 7 heteroatoms. The number of aromatic hydroxyl groups is 1. The second-order valence-electron chi connectivity index (χ2n) is 5.88. The van der Waals surface area contributed by atoms with Crippen LogP contribution in [0.15, 0.2) is 36.4 Å². The predicted octanol–water partition coefficient (Wildman–Crippen LogP) is 3.42. The van der Waals surface area contributed by atoms with Crippen LogP contribution in [0.3, 0.4) is 0 Å². The summed E-state index contributed by atoms with van der Waals surface area (Å²) >= 11 is 5.69. The first-order chi connectivity index (χ1) is 12.3. The molecule has 2 aromatic carbocycles. The van der Waals surface area contributed by atoms with E-state index in [1.165, 1.54) is 35.9 Å². The van der Waals surface area contributed by atoms with Gasteiger partial charge < -0.3 is 10.4 Å². The van der Waals surface area contributed by atoms with Crippen LogP contribution >= 0.6 is 11.6 Å². The number of carbonyl (C=O) groups excluding carboxylic acids is 2. The summed E-state index contributed by atoms with van der Waals surface area (Å²) in [6.07, 6.45) is 0.0531.